The van der Waals surface area contributed by atoms with Crippen LogP contribution in [0.5, 0.6) is 0 Å². The number of nitrogens with zero attached hydrogens (tertiary/aromatic N) is 2. The summed E-state index contributed by atoms with van der Waals surface area (Å²) < 4.78 is 18.0. The van der Waals surface area contributed by atoms with Crippen molar-refractivity contribution in [1.29, 1.82) is 0 Å². The number of fused-ring (bicyclic) bond motifs is 4. The van der Waals surface area contributed by atoms with Crippen LogP contribution in [0.25, 0.3) is 11.1 Å². The molecule has 6 nitrogen and oxygen atoms in total. The number of thiol groups is 1. The van der Waals surface area contributed by atoms with Gasteiger partial charge in [-0.2, -0.15) is 5.06 Å². The second-order valence-corrected chi connectivity index (χ2v) is 6.61. The number of rotatable bonds is 3. The Labute approximate surface area is 145 Å². The van der Waals surface area contributed by atoms with E-state index in [4.69, 9.17) is 4.28 Å². The van der Waals surface area contributed by atoms with Gasteiger partial charge in [-0.3, -0.25) is 0 Å². The van der Waals surface area contributed by atoms with Crippen LogP contribution in [0.4, 0.5) is 9.18 Å². The van der Waals surface area contributed by atoms with Crippen molar-refractivity contribution in [3.05, 3.63) is 45.9 Å². The van der Waals surface area contributed by atoms with Crippen molar-refractivity contribution < 1.29 is 23.4 Å². The molecule has 2 aliphatic heterocycles. The van der Waals surface area contributed by atoms with Gasteiger partial charge in [0, 0.05) is 23.4 Å². The molecule has 2 atom stereocenters. The van der Waals surface area contributed by atoms with Crippen molar-refractivity contribution in [1.82, 2.24) is 9.96 Å². The topological polar surface area (TPSA) is 70.1 Å². The summed E-state index contributed by atoms with van der Waals surface area (Å²) in [5.74, 6) is -1.49. The minimum atomic E-state index is -1.12. The zero-order valence-electron chi connectivity index (χ0n) is 12.0. The summed E-state index contributed by atoms with van der Waals surface area (Å²) in [7, 11) is 0. The Morgan fingerprint density at radius 2 is 2.08 bits per heavy atom. The minimum absolute atomic E-state index is 0.229. The first-order valence-corrected chi connectivity index (χ1v) is 8.28. The Morgan fingerprint density at radius 3 is 2.71 bits per heavy atom. The Balaban J connectivity index is 1.91. The zero-order valence-corrected chi connectivity index (χ0v) is 13.8. The fraction of sp³-hybridized carbons (Fsp3) is 0.200. The van der Waals surface area contributed by atoms with E-state index in [9.17, 15) is 19.1 Å². The van der Waals surface area contributed by atoms with Crippen LogP contribution in [0.2, 0.25) is 0 Å². The molecule has 24 heavy (non-hydrogen) atoms. The molecule has 0 spiro atoms. The van der Waals surface area contributed by atoms with Gasteiger partial charge in [0.2, 0.25) is 0 Å². The second-order valence-electron chi connectivity index (χ2n) is 5.53. The molecule has 4 rings (SSSR count). The van der Waals surface area contributed by atoms with E-state index in [0.717, 1.165) is 9.94 Å². The molecule has 3 heterocycles. The molecule has 0 radical (unpaired) electrons. The fourth-order valence-electron chi connectivity index (χ4n) is 3.28. The molecule has 1 saturated heterocycles. The lowest BCUT2D eigenvalue weighted by molar-refractivity contribution is -0.142. The Hall–Kier alpha value is -2.10. The average Bonchev–Trinajstić information content (AvgIpc) is 3.10. The first-order chi connectivity index (χ1) is 11.5. The largest absolute Gasteiger partial charge is 0.479 e. The van der Waals surface area contributed by atoms with Crippen LogP contribution in [-0.4, -0.2) is 33.6 Å². The average molecular weight is 366 g/mol. The summed E-state index contributed by atoms with van der Waals surface area (Å²) in [5, 5.41) is 12.6. The molecule has 9 heteroatoms. The van der Waals surface area contributed by atoms with E-state index in [1.54, 1.807) is 12.1 Å². The molecule has 2 amide bonds. The molecule has 2 aromatic rings. The molecule has 2 aliphatic rings. The third-order valence-electron chi connectivity index (χ3n) is 4.31. The maximum atomic E-state index is 13.2. The van der Waals surface area contributed by atoms with E-state index >= 15 is 0 Å². The minimum Gasteiger partial charge on any atom is -0.479 e. The summed E-state index contributed by atoms with van der Waals surface area (Å²) in [6.07, 6.45) is 0. The molecule has 124 valence electrons. The molecule has 1 N–H and O–H groups in total. The van der Waals surface area contributed by atoms with Gasteiger partial charge >= 0.3 is 12.0 Å². The number of halogens is 1. The highest BCUT2D eigenvalue weighted by molar-refractivity contribution is 7.75. The van der Waals surface area contributed by atoms with E-state index in [-0.39, 0.29) is 12.4 Å². The number of aliphatic carboxylic acids is 1. The quantitative estimate of drug-likeness (QED) is 0.646. The summed E-state index contributed by atoms with van der Waals surface area (Å²) >= 11 is 5.07. The molecular weight excluding hydrogens is 355 g/mol. The maximum absolute atomic E-state index is 13.2. The van der Waals surface area contributed by atoms with E-state index < -0.39 is 24.1 Å². The van der Waals surface area contributed by atoms with Gasteiger partial charge in [0.05, 0.1) is 6.54 Å². The summed E-state index contributed by atoms with van der Waals surface area (Å²) in [6, 6.07) is 3.79. The van der Waals surface area contributed by atoms with Crippen molar-refractivity contribution in [2.45, 2.75) is 12.1 Å². The SMILES string of the molecule is O=C(O)C1c2c(-c3ccc(F)cc3)csc2C2CN1C(=O)N2OS. The molecule has 0 saturated carbocycles. The Bertz CT molecular complexity index is 838. The maximum Gasteiger partial charge on any atom is 0.346 e. The van der Waals surface area contributed by atoms with Crippen molar-refractivity contribution in [3.8, 4) is 11.1 Å². The number of amides is 2. The number of carbonyl (C=O) groups excluding carboxylic acids is 1. The van der Waals surface area contributed by atoms with Crippen LogP contribution < -0.4 is 0 Å². The van der Waals surface area contributed by atoms with Crippen LogP contribution in [0.3, 0.4) is 0 Å². The normalized spacial score (nSPS) is 22.0. The number of benzene rings is 1. The van der Waals surface area contributed by atoms with E-state index in [1.807, 2.05) is 5.38 Å². The van der Waals surface area contributed by atoms with Crippen LogP contribution in [0, 0.1) is 5.82 Å². The number of hydrogen-bond acceptors (Lipinski definition) is 5. The van der Waals surface area contributed by atoms with Crippen molar-refractivity contribution >= 4 is 36.2 Å². The highest BCUT2D eigenvalue weighted by atomic mass is 32.1. The van der Waals surface area contributed by atoms with Crippen LogP contribution in [0.1, 0.15) is 22.5 Å². The van der Waals surface area contributed by atoms with Gasteiger partial charge in [0.25, 0.3) is 0 Å². The summed E-state index contributed by atoms with van der Waals surface area (Å²) in [5.41, 5.74) is 1.94. The van der Waals surface area contributed by atoms with Crippen molar-refractivity contribution in [3.63, 3.8) is 0 Å². The van der Waals surface area contributed by atoms with Crippen LogP contribution in [0.15, 0.2) is 29.6 Å². The van der Waals surface area contributed by atoms with E-state index in [2.05, 4.69) is 12.9 Å². The number of thiophene rings is 1. The third-order valence-corrected chi connectivity index (χ3v) is 5.59. The molecule has 1 fully saturated rings. The van der Waals surface area contributed by atoms with Gasteiger partial charge in [0.1, 0.15) is 11.9 Å². The van der Waals surface area contributed by atoms with Gasteiger partial charge in [-0.25, -0.2) is 18.3 Å². The number of hydrogen-bond donors (Lipinski definition) is 2. The van der Waals surface area contributed by atoms with Gasteiger partial charge in [-0.1, -0.05) is 12.1 Å². The van der Waals surface area contributed by atoms with Gasteiger partial charge < -0.3 is 10.0 Å². The summed E-state index contributed by atoms with van der Waals surface area (Å²) in [6.45, 7) is 0.229. The highest BCUT2D eigenvalue weighted by Gasteiger charge is 2.52. The van der Waals surface area contributed by atoms with Crippen LogP contribution >= 0.6 is 24.2 Å². The number of carboxylic acids is 1. The molecule has 2 unspecified atom stereocenters. The van der Waals surface area contributed by atoms with Gasteiger partial charge in [0.15, 0.2) is 6.04 Å². The van der Waals surface area contributed by atoms with Crippen LogP contribution in [-0.2, 0) is 9.08 Å². The lowest BCUT2D eigenvalue weighted by atomic mass is 9.92. The Morgan fingerprint density at radius 1 is 1.38 bits per heavy atom. The van der Waals surface area contributed by atoms with Crippen molar-refractivity contribution in [2.24, 2.45) is 0 Å². The first-order valence-electron chi connectivity index (χ1n) is 7.04. The monoisotopic (exact) mass is 366 g/mol. The van der Waals surface area contributed by atoms with Crippen molar-refractivity contribution in [2.75, 3.05) is 6.54 Å². The number of carboxylic acid groups (broad SMARTS) is 1. The number of carbonyl (C=O) groups is 2. The first kappa shape index (κ1) is 15.4. The molecule has 1 aromatic heterocycles. The fourth-order valence-corrected chi connectivity index (χ4v) is 4.65. The van der Waals surface area contributed by atoms with E-state index in [1.165, 1.54) is 28.4 Å². The highest BCUT2D eigenvalue weighted by Crippen LogP contribution is 2.50. The molecule has 0 aliphatic carbocycles. The predicted molar refractivity (Wildman–Crippen MR) is 86.8 cm³/mol. The standard InChI is InChI=1S/C15H11FN2O4S2/c16-8-3-1-7(2-4-8)9-6-24-13-10-5-17(15(21)18(10)22-23)12(11(9)13)14(19)20/h1-4,6,10,12,23H,5H2,(H,19,20). The zero-order chi connectivity index (χ0) is 17.0. The second kappa shape index (κ2) is 5.47. The van der Waals surface area contributed by atoms with Gasteiger partial charge in [-0.05, 0) is 28.6 Å². The summed E-state index contributed by atoms with van der Waals surface area (Å²) in [4.78, 5) is 26.2. The predicted octanol–water partition coefficient (Wildman–Crippen LogP) is 3.25. The number of urea groups is 1. The van der Waals surface area contributed by atoms with Gasteiger partial charge in [-0.15, -0.1) is 11.3 Å². The molecular formula is C15H11FN2O4S2. The lowest BCUT2D eigenvalue weighted by Crippen LogP contribution is -2.38. The lowest BCUT2D eigenvalue weighted by Gasteiger charge is -2.28. The number of hydroxylamine groups is 2. The van der Waals surface area contributed by atoms with E-state index in [0.29, 0.717) is 16.7 Å². The molecule has 1 aromatic carbocycles. The smallest absolute Gasteiger partial charge is 0.346 e. The Kier molecular flexibility index (Phi) is 3.52. The molecule has 2 bridgehead atoms. The third kappa shape index (κ3) is 2.05.